The molecule has 2 rings (SSSR count). The van der Waals surface area contributed by atoms with Gasteiger partial charge < -0.3 is 15.2 Å². The summed E-state index contributed by atoms with van der Waals surface area (Å²) in [5.41, 5.74) is 3.30. The van der Waals surface area contributed by atoms with E-state index >= 15 is 0 Å². The summed E-state index contributed by atoms with van der Waals surface area (Å²) in [5.74, 6) is -0.0422. The van der Waals surface area contributed by atoms with E-state index in [4.69, 9.17) is 9.84 Å². The molecule has 4 heteroatoms. The minimum atomic E-state index is -0.906. The van der Waals surface area contributed by atoms with Crippen LogP contribution in [-0.4, -0.2) is 17.7 Å². The molecule has 0 saturated carbocycles. The van der Waals surface area contributed by atoms with Gasteiger partial charge in [0.15, 0.2) is 0 Å². The summed E-state index contributed by atoms with van der Waals surface area (Å²) in [6.07, 6.45) is 0. The molecule has 2 aromatic carbocycles. The van der Waals surface area contributed by atoms with Crippen LogP contribution in [0.5, 0.6) is 5.75 Å². The van der Waals surface area contributed by atoms with Gasteiger partial charge in [0.05, 0.1) is 12.2 Å². The van der Waals surface area contributed by atoms with Crippen molar-refractivity contribution in [3.63, 3.8) is 0 Å². The summed E-state index contributed by atoms with van der Waals surface area (Å²) in [4.78, 5) is 10.9. The van der Waals surface area contributed by atoms with Crippen LogP contribution in [0, 0.1) is 6.92 Å². The fraction of sp³-hybridized carbons (Fsp3) is 0.235. The van der Waals surface area contributed by atoms with E-state index in [9.17, 15) is 4.79 Å². The number of ether oxygens (including phenoxy) is 1. The molecule has 0 bridgehead atoms. The molecule has 0 heterocycles. The maximum absolute atomic E-state index is 10.9. The zero-order valence-corrected chi connectivity index (χ0v) is 12.2. The second-order valence-corrected chi connectivity index (χ2v) is 4.77. The third-order valence-corrected chi connectivity index (χ3v) is 3.19. The first-order valence-electron chi connectivity index (χ1n) is 6.89. The fourth-order valence-electron chi connectivity index (χ4n) is 2.06. The molecular weight excluding hydrogens is 266 g/mol. The Kier molecular flexibility index (Phi) is 4.82. The Labute approximate surface area is 124 Å². The molecule has 0 unspecified atom stereocenters. The van der Waals surface area contributed by atoms with E-state index in [0.29, 0.717) is 18.7 Å². The van der Waals surface area contributed by atoms with Gasteiger partial charge in [0.2, 0.25) is 0 Å². The van der Waals surface area contributed by atoms with E-state index in [-0.39, 0.29) is 0 Å². The van der Waals surface area contributed by atoms with Crippen molar-refractivity contribution >= 4 is 11.7 Å². The first kappa shape index (κ1) is 14.9. The third kappa shape index (κ3) is 3.99. The van der Waals surface area contributed by atoms with Crippen LogP contribution in [0.3, 0.4) is 0 Å². The lowest BCUT2D eigenvalue weighted by Gasteiger charge is -2.11. The molecule has 0 fully saturated rings. The molecule has 0 aliphatic rings. The monoisotopic (exact) mass is 285 g/mol. The minimum absolute atomic E-state index is 0.305. The van der Waals surface area contributed by atoms with Gasteiger partial charge in [-0.25, -0.2) is 4.79 Å². The van der Waals surface area contributed by atoms with Gasteiger partial charge in [0, 0.05) is 12.2 Å². The van der Waals surface area contributed by atoms with Crippen molar-refractivity contribution in [2.24, 2.45) is 0 Å². The molecular formula is C17H19NO3. The highest BCUT2D eigenvalue weighted by molar-refractivity contribution is 5.88. The average Bonchev–Trinajstić information content (AvgIpc) is 2.47. The maximum Gasteiger partial charge on any atom is 0.335 e. The number of aromatic carboxylic acids is 1. The van der Waals surface area contributed by atoms with Crippen LogP contribution in [0.15, 0.2) is 42.5 Å². The molecule has 2 N–H and O–H groups in total. The normalized spacial score (nSPS) is 10.2. The number of nitrogens with one attached hydrogen (secondary N) is 1. The number of anilines is 1. The molecule has 0 saturated heterocycles. The van der Waals surface area contributed by atoms with Crippen LogP contribution in [0.1, 0.15) is 28.4 Å². The molecule has 0 aliphatic heterocycles. The molecule has 0 spiro atoms. The number of carboxylic acid groups (broad SMARTS) is 1. The molecule has 0 radical (unpaired) electrons. The van der Waals surface area contributed by atoms with Gasteiger partial charge in [-0.05, 0) is 55.3 Å². The number of carboxylic acids is 1. The van der Waals surface area contributed by atoms with Crippen molar-refractivity contribution in [2.45, 2.75) is 20.4 Å². The lowest BCUT2D eigenvalue weighted by atomic mass is 10.1. The Bertz CT molecular complexity index is 620. The SMILES string of the molecule is CCOc1ccc(CNc2ccc(C(=O)O)cc2C)cc1. The van der Waals surface area contributed by atoms with Crippen LogP contribution in [-0.2, 0) is 6.54 Å². The highest BCUT2D eigenvalue weighted by Gasteiger charge is 2.05. The van der Waals surface area contributed by atoms with Crippen molar-refractivity contribution in [3.05, 3.63) is 59.2 Å². The number of rotatable bonds is 6. The Morgan fingerprint density at radius 1 is 1.19 bits per heavy atom. The summed E-state index contributed by atoms with van der Waals surface area (Å²) >= 11 is 0. The van der Waals surface area contributed by atoms with Crippen LogP contribution >= 0.6 is 0 Å². The van der Waals surface area contributed by atoms with Gasteiger partial charge in [-0.1, -0.05) is 12.1 Å². The summed E-state index contributed by atoms with van der Waals surface area (Å²) in [6.45, 7) is 5.19. The topological polar surface area (TPSA) is 58.6 Å². The van der Waals surface area contributed by atoms with E-state index in [1.807, 2.05) is 38.1 Å². The number of benzene rings is 2. The molecule has 0 aliphatic carbocycles. The summed E-state index contributed by atoms with van der Waals surface area (Å²) in [5, 5.41) is 12.3. The minimum Gasteiger partial charge on any atom is -0.494 e. The van der Waals surface area contributed by atoms with E-state index < -0.39 is 5.97 Å². The largest absolute Gasteiger partial charge is 0.494 e. The number of hydrogen-bond donors (Lipinski definition) is 2. The highest BCUT2D eigenvalue weighted by atomic mass is 16.5. The summed E-state index contributed by atoms with van der Waals surface area (Å²) in [6, 6.07) is 13.0. The smallest absolute Gasteiger partial charge is 0.335 e. The van der Waals surface area contributed by atoms with Gasteiger partial charge in [-0.2, -0.15) is 0 Å². The van der Waals surface area contributed by atoms with Crippen molar-refractivity contribution in [2.75, 3.05) is 11.9 Å². The van der Waals surface area contributed by atoms with Crippen molar-refractivity contribution in [1.82, 2.24) is 0 Å². The maximum atomic E-state index is 10.9. The zero-order valence-electron chi connectivity index (χ0n) is 12.2. The lowest BCUT2D eigenvalue weighted by molar-refractivity contribution is 0.0697. The van der Waals surface area contributed by atoms with Gasteiger partial charge in [-0.15, -0.1) is 0 Å². The van der Waals surface area contributed by atoms with E-state index in [1.54, 1.807) is 18.2 Å². The van der Waals surface area contributed by atoms with Crippen LogP contribution in [0.4, 0.5) is 5.69 Å². The first-order valence-corrected chi connectivity index (χ1v) is 6.89. The van der Waals surface area contributed by atoms with E-state index in [1.165, 1.54) is 0 Å². The van der Waals surface area contributed by atoms with Crippen LogP contribution < -0.4 is 10.1 Å². The van der Waals surface area contributed by atoms with Crippen LogP contribution in [0.2, 0.25) is 0 Å². The van der Waals surface area contributed by atoms with Crippen LogP contribution in [0.25, 0.3) is 0 Å². The number of aryl methyl sites for hydroxylation is 1. The second kappa shape index (κ2) is 6.79. The summed E-state index contributed by atoms with van der Waals surface area (Å²) in [7, 11) is 0. The predicted molar refractivity (Wildman–Crippen MR) is 83.1 cm³/mol. The van der Waals surface area contributed by atoms with Crippen molar-refractivity contribution in [3.8, 4) is 5.75 Å². The fourth-order valence-corrected chi connectivity index (χ4v) is 2.06. The molecule has 0 amide bonds. The Morgan fingerprint density at radius 3 is 2.48 bits per heavy atom. The summed E-state index contributed by atoms with van der Waals surface area (Å²) < 4.78 is 5.40. The van der Waals surface area contributed by atoms with Gasteiger partial charge in [-0.3, -0.25) is 0 Å². The third-order valence-electron chi connectivity index (χ3n) is 3.19. The Hall–Kier alpha value is -2.49. The highest BCUT2D eigenvalue weighted by Crippen LogP contribution is 2.18. The van der Waals surface area contributed by atoms with Gasteiger partial charge in [0.25, 0.3) is 0 Å². The second-order valence-electron chi connectivity index (χ2n) is 4.77. The van der Waals surface area contributed by atoms with E-state index in [0.717, 1.165) is 22.6 Å². The zero-order chi connectivity index (χ0) is 15.2. The quantitative estimate of drug-likeness (QED) is 0.849. The number of hydrogen-bond acceptors (Lipinski definition) is 3. The average molecular weight is 285 g/mol. The molecule has 4 nitrogen and oxygen atoms in total. The predicted octanol–water partition coefficient (Wildman–Crippen LogP) is 3.70. The van der Waals surface area contributed by atoms with E-state index in [2.05, 4.69) is 5.32 Å². The standard InChI is InChI=1S/C17H19NO3/c1-3-21-15-7-4-13(5-8-15)11-18-16-9-6-14(17(19)20)10-12(16)2/h4-10,18H,3,11H2,1-2H3,(H,19,20). The number of carbonyl (C=O) groups is 1. The van der Waals surface area contributed by atoms with Gasteiger partial charge in [0.1, 0.15) is 5.75 Å². The Morgan fingerprint density at radius 2 is 1.90 bits per heavy atom. The first-order chi connectivity index (χ1) is 10.1. The Balaban J connectivity index is 2.01. The lowest BCUT2D eigenvalue weighted by Crippen LogP contribution is -2.03. The molecule has 2 aromatic rings. The molecule has 0 aromatic heterocycles. The molecule has 0 atom stereocenters. The molecule has 21 heavy (non-hydrogen) atoms. The van der Waals surface area contributed by atoms with Crippen molar-refractivity contribution < 1.29 is 14.6 Å². The molecule has 110 valence electrons. The van der Waals surface area contributed by atoms with Gasteiger partial charge >= 0.3 is 5.97 Å². The van der Waals surface area contributed by atoms with Crippen molar-refractivity contribution in [1.29, 1.82) is 0 Å².